The number of hydrogen-bond donors (Lipinski definition) is 5. The predicted molar refractivity (Wildman–Crippen MR) is 143 cm³/mol. The van der Waals surface area contributed by atoms with E-state index >= 15 is 0 Å². The number of nitrogens with one attached hydrogen (secondary N) is 1. The minimum atomic E-state index is -0.593. The third-order valence-electron chi connectivity index (χ3n) is 8.37. The first-order valence-electron chi connectivity index (χ1n) is 14.5. The van der Waals surface area contributed by atoms with E-state index in [4.69, 9.17) is 19.9 Å². The van der Waals surface area contributed by atoms with Gasteiger partial charge in [0.05, 0.1) is 31.6 Å². The first-order valence-corrected chi connectivity index (χ1v) is 14.5. The molecular weight excluding hydrogens is 492 g/mol. The molecule has 2 aliphatic rings. The van der Waals surface area contributed by atoms with Crippen molar-refractivity contribution in [2.45, 2.75) is 116 Å². The van der Waals surface area contributed by atoms with E-state index in [0.717, 1.165) is 38.6 Å². The minimum Gasteiger partial charge on any atom is -0.462 e. The molecule has 0 aromatic carbocycles. The number of carbonyl (C=O) groups excluding carboxylic acids is 2. The van der Waals surface area contributed by atoms with Crippen LogP contribution >= 0.6 is 0 Å². The second-order valence-electron chi connectivity index (χ2n) is 11.3. The number of aliphatic hydroxyl groups is 3. The van der Waals surface area contributed by atoms with Crippen LogP contribution < -0.4 is 11.1 Å². The van der Waals surface area contributed by atoms with Gasteiger partial charge in [0.15, 0.2) is 0 Å². The highest BCUT2D eigenvalue weighted by atomic mass is 16.6. The van der Waals surface area contributed by atoms with E-state index < -0.39 is 18.3 Å². The molecule has 38 heavy (non-hydrogen) atoms. The summed E-state index contributed by atoms with van der Waals surface area (Å²) in [6.45, 7) is 5.82. The standard InChI is InChI=1S/C28H52N2O8/c1-4-20(17-32)5-7-23(37-18(2)33)15-24(38-19(3)34)8-6-21-13-27(36-12-11-31)26(35)16-25(21)22-9-10-30-28(29)14-22/h20-28,30-32,35H,4-17,29H2,1-3H3. The maximum atomic E-state index is 12.0. The zero-order valence-corrected chi connectivity index (χ0v) is 23.6. The largest absolute Gasteiger partial charge is 0.462 e. The molecule has 10 heteroatoms. The van der Waals surface area contributed by atoms with Gasteiger partial charge in [-0.15, -0.1) is 0 Å². The Hall–Kier alpha value is -1.30. The number of aliphatic hydroxyl groups excluding tert-OH is 3. The quantitative estimate of drug-likeness (QED) is 0.181. The number of rotatable bonds is 16. The molecule has 2 rings (SSSR count). The summed E-state index contributed by atoms with van der Waals surface area (Å²) in [6, 6.07) is 0. The Morgan fingerprint density at radius 2 is 1.71 bits per heavy atom. The highest BCUT2D eigenvalue weighted by Gasteiger charge is 2.41. The lowest BCUT2D eigenvalue weighted by molar-refractivity contribution is -0.153. The highest BCUT2D eigenvalue weighted by Crippen LogP contribution is 2.43. The van der Waals surface area contributed by atoms with E-state index in [1.165, 1.54) is 13.8 Å². The van der Waals surface area contributed by atoms with E-state index in [1.54, 1.807) is 0 Å². The van der Waals surface area contributed by atoms with Gasteiger partial charge >= 0.3 is 11.9 Å². The lowest BCUT2D eigenvalue weighted by atomic mass is 9.66. The number of hydrogen-bond acceptors (Lipinski definition) is 10. The summed E-state index contributed by atoms with van der Waals surface area (Å²) in [4.78, 5) is 23.8. The zero-order valence-electron chi connectivity index (χ0n) is 23.6. The van der Waals surface area contributed by atoms with Crippen molar-refractivity contribution < 1.29 is 39.1 Å². The van der Waals surface area contributed by atoms with Gasteiger partial charge in [0.2, 0.25) is 0 Å². The van der Waals surface area contributed by atoms with Gasteiger partial charge in [-0.25, -0.2) is 0 Å². The maximum Gasteiger partial charge on any atom is 0.302 e. The van der Waals surface area contributed by atoms with Crippen LogP contribution in [0.1, 0.15) is 85.0 Å². The third kappa shape index (κ3) is 11.4. The Labute approximate surface area is 228 Å². The molecule has 0 bridgehead atoms. The lowest BCUT2D eigenvalue weighted by Crippen LogP contribution is -2.50. The van der Waals surface area contributed by atoms with Crippen LogP contribution in [-0.2, 0) is 23.8 Å². The van der Waals surface area contributed by atoms with Crippen molar-refractivity contribution in [3.05, 3.63) is 0 Å². The maximum absolute atomic E-state index is 12.0. The molecule has 1 heterocycles. The first-order chi connectivity index (χ1) is 18.2. The number of esters is 2. The topological polar surface area (TPSA) is 161 Å². The van der Waals surface area contributed by atoms with Crippen molar-refractivity contribution in [3.63, 3.8) is 0 Å². The molecule has 1 saturated carbocycles. The van der Waals surface area contributed by atoms with Gasteiger partial charge in [-0.05, 0) is 81.6 Å². The fourth-order valence-electron chi connectivity index (χ4n) is 6.37. The summed E-state index contributed by atoms with van der Waals surface area (Å²) in [5, 5.41) is 32.9. The molecule has 9 atom stereocenters. The van der Waals surface area contributed by atoms with Crippen molar-refractivity contribution in [1.82, 2.24) is 5.32 Å². The first kappa shape index (κ1) is 32.9. The smallest absolute Gasteiger partial charge is 0.302 e. The zero-order chi connectivity index (χ0) is 28.1. The molecule has 1 aliphatic heterocycles. The monoisotopic (exact) mass is 544 g/mol. The Morgan fingerprint density at radius 3 is 2.29 bits per heavy atom. The summed E-state index contributed by atoms with van der Waals surface area (Å²) in [5.74, 6) is 0.284. The van der Waals surface area contributed by atoms with E-state index in [9.17, 15) is 24.9 Å². The average molecular weight is 545 g/mol. The van der Waals surface area contributed by atoms with Crippen LogP contribution in [0.4, 0.5) is 0 Å². The van der Waals surface area contributed by atoms with E-state index in [2.05, 4.69) is 5.32 Å². The Morgan fingerprint density at radius 1 is 1.03 bits per heavy atom. The molecule has 0 aromatic heterocycles. The van der Waals surface area contributed by atoms with E-state index in [-0.39, 0.29) is 61.8 Å². The van der Waals surface area contributed by atoms with E-state index in [0.29, 0.717) is 38.0 Å². The molecule has 0 aromatic rings. The van der Waals surface area contributed by atoms with Crippen molar-refractivity contribution in [1.29, 1.82) is 0 Å². The van der Waals surface area contributed by atoms with Gasteiger partial charge < -0.3 is 40.6 Å². The Bertz CT molecular complexity index is 692. The molecule has 0 spiro atoms. The summed E-state index contributed by atoms with van der Waals surface area (Å²) < 4.78 is 17.1. The summed E-state index contributed by atoms with van der Waals surface area (Å²) in [6.07, 6.45) is 5.27. The molecule has 9 unspecified atom stereocenters. The molecule has 6 N–H and O–H groups in total. The van der Waals surface area contributed by atoms with Crippen LogP contribution in [0.5, 0.6) is 0 Å². The molecule has 222 valence electrons. The Balaban J connectivity index is 2.12. The molecule has 10 nitrogen and oxygen atoms in total. The predicted octanol–water partition coefficient (Wildman–Crippen LogP) is 1.87. The van der Waals surface area contributed by atoms with Crippen LogP contribution in [0.2, 0.25) is 0 Å². The number of ether oxygens (including phenoxy) is 3. The van der Waals surface area contributed by atoms with Crippen LogP contribution in [0.3, 0.4) is 0 Å². The SMILES string of the molecule is CCC(CO)CCC(CC(CCC1CC(OCCO)C(O)CC1C1CCNC(N)C1)OC(C)=O)OC(C)=O. The van der Waals surface area contributed by atoms with Gasteiger partial charge in [0.1, 0.15) is 12.2 Å². The van der Waals surface area contributed by atoms with Gasteiger partial charge in [-0.3, -0.25) is 9.59 Å². The number of carbonyl (C=O) groups is 2. The number of nitrogens with two attached hydrogens (primary N) is 1. The van der Waals surface area contributed by atoms with Gasteiger partial charge in [0.25, 0.3) is 0 Å². The lowest BCUT2D eigenvalue weighted by Gasteiger charge is -2.45. The Kier molecular flexibility index (Phi) is 15.1. The van der Waals surface area contributed by atoms with Crippen LogP contribution in [-0.4, -0.2) is 84.2 Å². The fourth-order valence-corrected chi connectivity index (χ4v) is 6.37. The summed E-state index contributed by atoms with van der Waals surface area (Å²) in [5.41, 5.74) is 6.21. The number of piperidine rings is 1. The normalized spacial score (nSPS) is 30.3. The second kappa shape index (κ2) is 17.4. The minimum absolute atomic E-state index is 0.0564. The van der Waals surface area contributed by atoms with E-state index in [1.807, 2.05) is 6.92 Å². The van der Waals surface area contributed by atoms with Crippen molar-refractivity contribution in [2.24, 2.45) is 29.4 Å². The van der Waals surface area contributed by atoms with Gasteiger partial charge in [-0.1, -0.05) is 13.3 Å². The molecule has 1 aliphatic carbocycles. The van der Waals surface area contributed by atoms with Gasteiger partial charge in [-0.2, -0.15) is 0 Å². The molecule has 0 radical (unpaired) electrons. The van der Waals surface area contributed by atoms with Crippen molar-refractivity contribution in [2.75, 3.05) is 26.4 Å². The highest BCUT2D eigenvalue weighted by molar-refractivity contribution is 5.66. The third-order valence-corrected chi connectivity index (χ3v) is 8.37. The molecular formula is C28H52N2O8. The van der Waals surface area contributed by atoms with Crippen LogP contribution in [0.15, 0.2) is 0 Å². The second-order valence-corrected chi connectivity index (χ2v) is 11.3. The van der Waals surface area contributed by atoms with Crippen molar-refractivity contribution in [3.8, 4) is 0 Å². The van der Waals surface area contributed by atoms with Gasteiger partial charge in [0, 0.05) is 26.9 Å². The molecule has 1 saturated heterocycles. The molecule has 2 fully saturated rings. The summed E-state index contributed by atoms with van der Waals surface area (Å²) in [7, 11) is 0. The fraction of sp³-hybridized carbons (Fsp3) is 0.929. The van der Waals surface area contributed by atoms with Crippen molar-refractivity contribution >= 4 is 11.9 Å². The average Bonchev–Trinajstić information content (AvgIpc) is 2.86. The van der Waals surface area contributed by atoms with Crippen LogP contribution in [0, 0.1) is 23.7 Å². The molecule has 0 amide bonds. The summed E-state index contributed by atoms with van der Waals surface area (Å²) >= 11 is 0. The van der Waals surface area contributed by atoms with Crippen LogP contribution in [0.25, 0.3) is 0 Å².